The summed E-state index contributed by atoms with van der Waals surface area (Å²) in [6.07, 6.45) is 1.69. The molecule has 0 spiro atoms. The minimum Gasteiger partial charge on any atom is -0.463 e. The van der Waals surface area contributed by atoms with Crippen molar-refractivity contribution in [3.63, 3.8) is 0 Å². The number of halogens is 1. The zero-order valence-corrected chi connectivity index (χ0v) is 17.1. The average molecular weight is 430 g/mol. The summed E-state index contributed by atoms with van der Waals surface area (Å²) >= 11 is 0. The van der Waals surface area contributed by atoms with E-state index in [9.17, 15) is 0 Å². The van der Waals surface area contributed by atoms with E-state index in [0.29, 0.717) is 6.54 Å². The van der Waals surface area contributed by atoms with Crippen molar-refractivity contribution in [3.05, 3.63) is 89.2 Å². The molecular formula is C22H20ClNO6. The van der Waals surface area contributed by atoms with E-state index in [1.807, 2.05) is 18.2 Å². The second-order valence-corrected chi connectivity index (χ2v) is 7.46. The molecule has 1 N–H and O–H groups in total. The molecular weight excluding hydrogens is 410 g/mol. The lowest BCUT2D eigenvalue weighted by Crippen LogP contribution is -2.75. The zero-order valence-electron chi connectivity index (χ0n) is 16.4. The summed E-state index contributed by atoms with van der Waals surface area (Å²) in [7, 11) is -4.94. The second kappa shape index (κ2) is 9.25. The fraction of sp³-hybridized carbons (Fsp3) is 0.136. The number of hydrogen-bond acceptors (Lipinski definition) is 6. The molecule has 0 radical (unpaired) electrons. The molecule has 0 amide bonds. The van der Waals surface area contributed by atoms with Gasteiger partial charge in [-0.05, 0) is 38.1 Å². The van der Waals surface area contributed by atoms with Gasteiger partial charge in [-0.1, -0.05) is 41.5 Å². The first-order valence-electron chi connectivity index (χ1n) is 9.01. The fourth-order valence-electron chi connectivity index (χ4n) is 2.90. The highest BCUT2D eigenvalue weighted by atomic mass is 35.7. The number of nitrogens with one attached hydrogen (secondary N) is 1. The topological polar surface area (TPSA) is 132 Å². The molecule has 0 unspecified atom stereocenters. The summed E-state index contributed by atoms with van der Waals surface area (Å²) in [5.41, 5.74) is 4.36. The largest absolute Gasteiger partial charge is 0.463 e. The van der Waals surface area contributed by atoms with Crippen LogP contribution in [0.25, 0.3) is 22.3 Å². The Bertz CT molecular complexity index is 1170. The summed E-state index contributed by atoms with van der Waals surface area (Å²) in [6.45, 7) is 4.80. The highest BCUT2D eigenvalue weighted by Crippen LogP contribution is 2.22. The van der Waals surface area contributed by atoms with E-state index in [1.165, 1.54) is 11.1 Å². The van der Waals surface area contributed by atoms with Gasteiger partial charge in [0.2, 0.25) is 5.36 Å². The SMILES string of the molecule is Cc1ccc(-c2cc(=[NH+]Cc3ccco3)c3cc(C)ccc3o2)cc1.[O-][Cl+3]([O-])([O-])[O-]. The Balaban J connectivity index is 0.000000461. The maximum Gasteiger partial charge on any atom is 0.213 e. The molecule has 8 heteroatoms. The van der Waals surface area contributed by atoms with Gasteiger partial charge in [0.1, 0.15) is 11.3 Å². The van der Waals surface area contributed by atoms with Crippen LogP contribution in [-0.4, -0.2) is 0 Å². The number of aryl methyl sites for hydroxylation is 2. The predicted molar refractivity (Wildman–Crippen MR) is 97.6 cm³/mol. The Morgan fingerprint density at radius 2 is 1.53 bits per heavy atom. The molecule has 0 atom stereocenters. The first-order chi connectivity index (χ1) is 14.2. The minimum atomic E-state index is -4.94. The van der Waals surface area contributed by atoms with Crippen molar-refractivity contribution < 1.29 is 42.7 Å². The van der Waals surface area contributed by atoms with E-state index in [2.05, 4.69) is 61.3 Å². The maximum absolute atomic E-state index is 8.49. The van der Waals surface area contributed by atoms with Crippen LogP contribution in [0, 0.1) is 24.1 Å². The van der Waals surface area contributed by atoms with Gasteiger partial charge in [-0.2, -0.15) is 0 Å². The molecule has 7 nitrogen and oxygen atoms in total. The molecule has 4 rings (SSSR count). The van der Waals surface area contributed by atoms with Crippen molar-refractivity contribution in [1.82, 2.24) is 0 Å². The van der Waals surface area contributed by atoms with Crippen LogP contribution >= 0.6 is 0 Å². The quantitative estimate of drug-likeness (QED) is 0.432. The van der Waals surface area contributed by atoms with Gasteiger partial charge in [0.05, 0.1) is 17.7 Å². The molecule has 30 heavy (non-hydrogen) atoms. The first kappa shape index (κ1) is 21.8. The molecule has 0 saturated heterocycles. The normalized spacial score (nSPS) is 12.0. The Labute approximate surface area is 174 Å². The monoisotopic (exact) mass is 429 g/mol. The molecule has 0 bridgehead atoms. The van der Waals surface area contributed by atoms with Crippen LogP contribution in [0.3, 0.4) is 0 Å². The molecule has 2 heterocycles. The summed E-state index contributed by atoms with van der Waals surface area (Å²) < 4.78 is 45.6. The average Bonchev–Trinajstić information content (AvgIpc) is 3.19. The van der Waals surface area contributed by atoms with Crippen LogP contribution in [0.15, 0.2) is 75.8 Å². The van der Waals surface area contributed by atoms with E-state index < -0.39 is 10.2 Å². The summed E-state index contributed by atoms with van der Waals surface area (Å²) in [5, 5.41) is 2.11. The van der Waals surface area contributed by atoms with E-state index in [4.69, 9.17) is 27.5 Å². The fourth-order valence-corrected chi connectivity index (χ4v) is 2.90. The van der Waals surface area contributed by atoms with Crippen LogP contribution < -0.4 is 29.0 Å². The predicted octanol–water partition coefficient (Wildman–Crippen LogP) is -1.26. The second-order valence-electron chi connectivity index (χ2n) is 6.70. The Morgan fingerprint density at radius 3 is 2.17 bits per heavy atom. The van der Waals surface area contributed by atoms with Gasteiger partial charge in [0, 0.05) is 5.56 Å². The Hall–Kier alpha value is -2.94. The molecule has 0 aliphatic carbocycles. The number of fused-ring (bicyclic) bond motifs is 1. The Kier molecular flexibility index (Phi) is 6.71. The number of furan rings is 1. The third kappa shape index (κ3) is 6.28. The summed E-state index contributed by atoms with van der Waals surface area (Å²) in [6, 6.07) is 20.5. The molecule has 2 aromatic carbocycles. The molecule has 0 aliphatic heterocycles. The van der Waals surface area contributed by atoms with Crippen molar-refractivity contribution in [2.75, 3.05) is 0 Å². The molecule has 0 fully saturated rings. The minimum absolute atomic E-state index is 0.632. The molecule has 2 aromatic heterocycles. The highest BCUT2D eigenvalue weighted by Gasteiger charge is 2.10. The van der Waals surface area contributed by atoms with Crippen LogP contribution in [0.2, 0.25) is 0 Å². The summed E-state index contributed by atoms with van der Waals surface area (Å²) in [5.74, 6) is 1.75. The third-order valence-corrected chi connectivity index (χ3v) is 4.29. The van der Waals surface area contributed by atoms with Gasteiger partial charge in [0.15, 0.2) is 12.3 Å². The van der Waals surface area contributed by atoms with Crippen molar-refractivity contribution in [2.45, 2.75) is 20.4 Å². The van der Waals surface area contributed by atoms with Gasteiger partial charge >= 0.3 is 0 Å². The van der Waals surface area contributed by atoms with Gasteiger partial charge < -0.3 is 8.83 Å². The lowest BCUT2D eigenvalue weighted by Gasteiger charge is -2.17. The van der Waals surface area contributed by atoms with Crippen molar-refractivity contribution in [3.8, 4) is 11.3 Å². The number of hydrogen-bond donors (Lipinski definition) is 1. The molecule has 0 saturated carbocycles. The van der Waals surface area contributed by atoms with Gasteiger partial charge in [-0.25, -0.2) is 23.6 Å². The molecule has 0 aliphatic rings. The van der Waals surface area contributed by atoms with Gasteiger partial charge in [-0.3, -0.25) is 0 Å². The smallest absolute Gasteiger partial charge is 0.213 e. The van der Waals surface area contributed by atoms with E-state index >= 15 is 0 Å². The van der Waals surface area contributed by atoms with Gasteiger partial charge in [0.25, 0.3) is 0 Å². The zero-order chi connectivity index (χ0) is 21.7. The summed E-state index contributed by atoms with van der Waals surface area (Å²) in [4.78, 5) is 3.49. The van der Waals surface area contributed by atoms with Gasteiger partial charge in [-0.15, -0.1) is 10.2 Å². The van der Waals surface area contributed by atoms with Crippen LogP contribution in [-0.2, 0) is 6.54 Å². The lowest BCUT2D eigenvalue weighted by molar-refractivity contribution is -2.00. The van der Waals surface area contributed by atoms with Crippen molar-refractivity contribution >= 4 is 11.0 Å². The van der Waals surface area contributed by atoms with Crippen LogP contribution in [0.4, 0.5) is 0 Å². The van der Waals surface area contributed by atoms with Crippen LogP contribution in [0.1, 0.15) is 16.9 Å². The van der Waals surface area contributed by atoms with Crippen molar-refractivity contribution in [1.29, 1.82) is 0 Å². The van der Waals surface area contributed by atoms with Crippen LogP contribution in [0.5, 0.6) is 0 Å². The first-order valence-corrected chi connectivity index (χ1v) is 10.2. The van der Waals surface area contributed by atoms with E-state index in [-0.39, 0.29) is 0 Å². The lowest BCUT2D eigenvalue weighted by atomic mass is 10.1. The molecule has 156 valence electrons. The standard InChI is InChI=1S/C22H19NO2.ClHO4/c1-15-5-8-17(9-6-15)22-13-20(23-14-18-4-3-11-24-18)19-12-16(2)7-10-21(19)25-22;2-1(3,4)5/h3-13H,14H2,1-2H3;(H,2,3,4,5). The number of benzene rings is 2. The van der Waals surface area contributed by atoms with Crippen molar-refractivity contribution in [2.24, 2.45) is 0 Å². The number of rotatable bonds is 3. The van der Waals surface area contributed by atoms with E-state index in [0.717, 1.165) is 33.4 Å². The van der Waals surface area contributed by atoms with E-state index in [1.54, 1.807) is 6.26 Å². The molecule has 4 aromatic rings. The Morgan fingerprint density at radius 1 is 0.867 bits per heavy atom. The third-order valence-electron chi connectivity index (χ3n) is 4.29. The maximum atomic E-state index is 8.49. The highest BCUT2D eigenvalue weighted by molar-refractivity contribution is 5.78.